The van der Waals surface area contributed by atoms with Crippen LogP contribution in [0.25, 0.3) is 0 Å². The molecule has 2 aromatic rings. The van der Waals surface area contributed by atoms with Crippen LogP contribution in [0.15, 0.2) is 47.7 Å². The fraction of sp³-hybridized carbons (Fsp3) is 0.476. The van der Waals surface area contributed by atoms with Gasteiger partial charge in [-0.2, -0.15) is 13.2 Å². The number of benzene rings is 1. The predicted octanol–water partition coefficient (Wildman–Crippen LogP) is 3.79. The second-order valence-corrected chi connectivity index (χ2v) is 7.89. The number of nitrogens with one attached hydrogen (secondary N) is 1. The van der Waals surface area contributed by atoms with Gasteiger partial charge in [-0.3, -0.25) is 4.99 Å². The number of nitrogens with zero attached hydrogens (tertiary/aromatic N) is 5. The Morgan fingerprint density at radius 1 is 1.03 bits per heavy atom. The maximum absolute atomic E-state index is 13.1. The van der Waals surface area contributed by atoms with Gasteiger partial charge in [-0.15, -0.1) is 24.0 Å². The van der Waals surface area contributed by atoms with Crippen LogP contribution in [0.5, 0.6) is 0 Å². The quantitative estimate of drug-likeness (QED) is 0.358. The van der Waals surface area contributed by atoms with Gasteiger partial charge in [-0.25, -0.2) is 9.97 Å². The smallest absolute Gasteiger partial charge is 0.355 e. The Morgan fingerprint density at radius 3 is 2.23 bits per heavy atom. The zero-order valence-electron chi connectivity index (χ0n) is 17.9. The number of alkyl halides is 3. The van der Waals surface area contributed by atoms with Crippen LogP contribution >= 0.6 is 24.0 Å². The Labute approximate surface area is 198 Å². The van der Waals surface area contributed by atoms with Crippen molar-refractivity contribution >= 4 is 35.9 Å². The number of halogens is 4. The third-order valence-corrected chi connectivity index (χ3v) is 5.29. The van der Waals surface area contributed by atoms with E-state index in [0.29, 0.717) is 18.1 Å². The third-order valence-electron chi connectivity index (χ3n) is 5.29. The summed E-state index contributed by atoms with van der Waals surface area (Å²) in [7, 11) is 1.71. The van der Waals surface area contributed by atoms with Gasteiger partial charge in [0.1, 0.15) is 0 Å². The fourth-order valence-corrected chi connectivity index (χ4v) is 3.42. The van der Waals surface area contributed by atoms with E-state index in [9.17, 15) is 13.2 Å². The number of aromatic nitrogens is 2. The molecule has 0 radical (unpaired) electrons. The number of rotatable bonds is 4. The second-order valence-electron chi connectivity index (χ2n) is 7.89. The van der Waals surface area contributed by atoms with E-state index in [2.05, 4.69) is 30.1 Å². The first-order valence-corrected chi connectivity index (χ1v) is 9.86. The van der Waals surface area contributed by atoms with Crippen molar-refractivity contribution in [2.75, 3.05) is 44.7 Å². The lowest BCUT2D eigenvalue weighted by molar-refractivity contribution is -0.137. The Balaban J connectivity index is 0.00000341. The summed E-state index contributed by atoms with van der Waals surface area (Å²) >= 11 is 0. The Kier molecular flexibility index (Phi) is 8.49. The van der Waals surface area contributed by atoms with Gasteiger partial charge in [-0.1, -0.05) is 32.0 Å². The van der Waals surface area contributed by atoms with Crippen LogP contribution in [0.3, 0.4) is 0 Å². The summed E-state index contributed by atoms with van der Waals surface area (Å²) in [5.41, 5.74) is -0.500. The second kappa shape index (κ2) is 10.5. The van der Waals surface area contributed by atoms with Crippen molar-refractivity contribution < 1.29 is 13.2 Å². The molecular weight excluding hydrogens is 520 g/mol. The van der Waals surface area contributed by atoms with Crippen molar-refractivity contribution in [2.24, 2.45) is 4.99 Å². The highest BCUT2D eigenvalue weighted by atomic mass is 127. The van der Waals surface area contributed by atoms with E-state index >= 15 is 0 Å². The predicted molar refractivity (Wildman–Crippen MR) is 127 cm³/mol. The summed E-state index contributed by atoms with van der Waals surface area (Å²) in [5, 5.41) is 3.34. The summed E-state index contributed by atoms with van der Waals surface area (Å²) in [6.45, 7) is 7.34. The van der Waals surface area contributed by atoms with Crippen LogP contribution in [0.4, 0.5) is 19.1 Å². The summed E-state index contributed by atoms with van der Waals surface area (Å²) < 4.78 is 39.2. The highest BCUT2D eigenvalue weighted by Gasteiger charge is 2.32. The summed E-state index contributed by atoms with van der Waals surface area (Å²) in [5.74, 6) is 1.45. The topological polar surface area (TPSA) is 56.7 Å². The molecule has 0 aliphatic carbocycles. The highest BCUT2D eigenvalue weighted by molar-refractivity contribution is 14.0. The van der Waals surface area contributed by atoms with Crippen molar-refractivity contribution in [3.63, 3.8) is 0 Å². The van der Waals surface area contributed by atoms with E-state index in [4.69, 9.17) is 0 Å². The Hall–Kier alpha value is -2.11. The number of piperazine rings is 1. The molecular formula is C21H28F3IN6. The molecule has 0 unspecified atom stereocenters. The standard InChI is InChI=1S/C21H27F3N6.HI/c1-20(2,16-6-4-7-17(14-16)21(22,23)24)15-28-18(25-3)29-10-12-30(13-11-29)19-26-8-5-9-27-19;/h4-9,14H,10-13,15H2,1-3H3,(H,25,28);1H. The summed E-state index contributed by atoms with van der Waals surface area (Å²) in [6.07, 6.45) is -0.895. The number of anilines is 1. The van der Waals surface area contributed by atoms with Gasteiger partial charge in [-0.05, 0) is 17.7 Å². The maximum Gasteiger partial charge on any atom is 0.416 e. The summed E-state index contributed by atoms with van der Waals surface area (Å²) in [4.78, 5) is 17.2. The van der Waals surface area contributed by atoms with E-state index in [1.54, 1.807) is 31.6 Å². The first-order valence-electron chi connectivity index (χ1n) is 9.86. The van der Waals surface area contributed by atoms with E-state index in [1.165, 1.54) is 12.1 Å². The monoisotopic (exact) mass is 548 g/mol. The molecule has 1 aromatic carbocycles. The zero-order chi connectivity index (χ0) is 21.8. The number of hydrogen-bond acceptors (Lipinski definition) is 4. The van der Waals surface area contributed by atoms with Gasteiger partial charge in [0.2, 0.25) is 5.95 Å². The molecule has 0 amide bonds. The van der Waals surface area contributed by atoms with Crippen molar-refractivity contribution in [1.29, 1.82) is 0 Å². The van der Waals surface area contributed by atoms with E-state index in [-0.39, 0.29) is 24.0 Å². The minimum absolute atomic E-state index is 0. The molecule has 1 fully saturated rings. The molecule has 3 rings (SSSR count). The van der Waals surface area contributed by atoms with Crippen molar-refractivity contribution in [2.45, 2.75) is 25.4 Å². The van der Waals surface area contributed by atoms with E-state index in [0.717, 1.165) is 38.2 Å². The van der Waals surface area contributed by atoms with Crippen molar-refractivity contribution in [1.82, 2.24) is 20.2 Å². The number of guanidine groups is 1. The van der Waals surface area contributed by atoms with Gasteiger partial charge in [0, 0.05) is 57.6 Å². The molecule has 0 spiro atoms. The van der Waals surface area contributed by atoms with Crippen molar-refractivity contribution in [3.05, 3.63) is 53.9 Å². The van der Waals surface area contributed by atoms with Crippen LogP contribution in [-0.4, -0.2) is 60.6 Å². The average Bonchev–Trinajstić information content (AvgIpc) is 2.75. The number of hydrogen-bond donors (Lipinski definition) is 1. The normalized spacial score (nSPS) is 15.5. The first kappa shape index (κ1) is 25.2. The lowest BCUT2D eigenvalue weighted by atomic mass is 9.84. The van der Waals surface area contributed by atoms with E-state index in [1.807, 2.05) is 13.8 Å². The molecule has 1 aromatic heterocycles. The van der Waals surface area contributed by atoms with Crippen LogP contribution < -0.4 is 10.2 Å². The maximum atomic E-state index is 13.1. The van der Waals surface area contributed by atoms with Gasteiger partial charge in [0.15, 0.2) is 5.96 Å². The van der Waals surface area contributed by atoms with Gasteiger partial charge in [0.25, 0.3) is 0 Å². The lowest BCUT2D eigenvalue weighted by Crippen LogP contribution is -2.54. The minimum Gasteiger partial charge on any atom is -0.355 e. The Morgan fingerprint density at radius 2 is 1.65 bits per heavy atom. The van der Waals surface area contributed by atoms with Gasteiger partial charge >= 0.3 is 6.18 Å². The van der Waals surface area contributed by atoms with Gasteiger partial charge in [0.05, 0.1) is 5.56 Å². The van der Waals surface area contributed by atoms with Crippen LogP contribution in [0.2, 0.25) is 0 Å². The van der Waals surface area contributed by atoms with Crippen LogP contribution in [0, 0.1) is 0 Å². The first-order chi connectivity index (χ1) is 14.2. The molecule has 0 bridgehead atoms. The van der Waals surface area contributed by atoms with Crippen LogP contribution in [-0.2, 0) is 11.6 Å². The minimum atomic E-state index is -4.35. The molecule has 0 saturated carbocycles. The van der Waals surface area contributed by atoms with Crippen molar-refractivity contribution in [3.8, 4) is 0 Å². The summed E-state index contributed by atoms with van der Waals surface area (Å²) in [6, 6.07) is 7.31. The lowest BCUT2D eigenvalue weighted by Gasteiger charge is -2.37. The molecule has 1 saturated heterocycles. The van der Waals surface area contributed by atoms with Crippen LogP contribution in [0.1, 0.15) is 25.0 Å². The Bertz CT molecular complexity index is 865. The molecule has 2 heterocycles. The number of aliphatic imine (C=N–C) groups is 1. The fourth-order valence-electron chi connectivity index (χ4n) is 3.42. The van der Waals surface area contributed by atoms with Gasteiger partial charge < -0.3 is 15.1 Å². The largest absolute Gasteiger partial charge is 0.416 e. The highest BCUT2D eigenvalue weighted by Crippen LogP contribution is 2.32. The van der Waals surface area contributed by atoms with E-state index < -0.39 is 17.2 Å². The molecule has 170 valence electrons. The molecule has 1 aliphatic heterocycles. The molecule has 1 aliphatic rings. The third kappa shape index (κ3) is 6.44. The molecule has 6 nitrogen and oxygen atoms in total. The molecule has 10 heteroatoms. The zero-order valence-corrected chi connectivity index (χ0v) is 20.2. The molecule has 31 heavy (non-hydrogen) atoms. The molecule has 1 N–H and O–H groups in total. The average molecular weight is 548 g/mol. The SMILES string of the molecule is CN=C(NCC(C)(C)c1cccc(C(F)(F)F)c1)N1CCN(c2ncccn2)CC1.I. The molecule has 0 atom stereocenters.